The van der Waals surface area contributed by atoms with Gasteiger partial charge in [0.25, 0.3) is 0 Å². The number of ketones is 1. The maximum absolute atomic E-state index is 12.4. The molecule has 1 fully saturated rings. The fourth-order valence-corrected chi connectivity index (χ4v) is 4.24. The Kier molecular flexibility index (Phi) is 3.83. The zero-order valence-electron chi connectivity index (χ0n) is 13.5. The Bertz CT molecular complexity index is 480. The number of fused-ring (bicyclic) bond motifs is 1. The Hall–Kier alpha value is -1.11. The van der Waals surface area contributed by atoms with Crippen LogP contribution in [0.5, 0.6) is 0 Å². The van der Waals surface area contributed by atoms with Gasteiger partial charge in [-0.3, -0.25) is 4.79 Å². The second-order valence-electron chi connectivity index (χ2n) is 7.46. The van der Waals surface area contributed by atoms with Gasteiger partial charge in [-0.25, -0.2) is 0 Å². The van der Waals surface area contributed by atoms with Crippen LogP contribution in [0.4, 0.5) is 0 Å². The minimum Gasteiger partial charge on any atom is -0.299 e. The number of hydrogen-bond acceptors (Lipinski definition) is 1. The van der Waals surface area contributed by atoms with Gasteiger partial charge in [0.1, 0.15) is 5.78 Å². The third-order valence-corrected chi connectivity index (χ3v) is 5.75. The van der Waals surface area contributed by atoms with Crippen LogP contribution in [0, 0.1) is 22.7 Å². The van der Waals surface area contributed by atoms with Gasteiger partial charge in [-0.15, -0.1) is 6.58 Å². The van der Waals surface area contributed by atoms with E-state index in [9.17, 15) is 4.79 Å². The van der Waals surface area contributed by atoms with Crippen molar-refractivity contribution in [2.75, 3.05) is 0 Å². The number of Topliss-reactive ketones (excluding diaryl/α,β-unsaturated/α-hetero) is 1. The summed E-state index contributed by atoms with van der Waals surface area (Å²) in [5.74, 6) is 1.38. The molecule has 3 atom stereocenters. The molecule has 0 aromatic carbocycles. The van der Waals surface area contributed by atoms with E-state index in [0.717, 1.165) is 19.3 Å². The predicted octanol–water partition coefficient (Wildman–Crippen LogP) is 5.10. The minimum atomic E-state index is -0.319. The Labute approximate surface area is 123 Å². The molecule has 0 spiro atoms. The standard InChI is InChI=1S/C19H28O/c1-7-8-15-11-14(13(2)3)12-16-18(4,5)17(20)9-10-19(15,16)6/h7,12,14-15H,1-2,8-11H2,3-6H3/t14-,15-,19+/m0/s1. The molecule has 0 bridgehead atoms. The first kappa shape index (κ1) is 15.3. The lowest BCUT2D eigenvalue weighted by Gasteiger charge is -2.53. The molecule has 0 heterocycles. The summed E-state index contributed by atoms with van der Waals surface area (Å²) in [4.78, 5) is 12.4. The average molecular weight is 272 g/mol. The molecule has 2 aliphatic carbocycles. The van der Waals surface area contributed by atoms with Gasteiger partial charge < -0.3 is 0 Å². The van der Waals surface area contributed by atoms with Gasteiger partial charge in [0.15, 0.2) is 0 Å². The maximum atomic E-state index is 12.4. The Morgan fingerprint density at radius 3 is 2.65 bits per heavy atom. The van der Waals surface area contributed by atoms with Crippen LogP contribution in [0.1, 0.15) is 53.4 Å². The molecule has 0 amide bonds. The van der Waals surface area contributed by atoms with Crippen molar-refractivity contribution in [3.05, 3.63) is 36.5 Å². The lowest BCUT2D eigenvalue weighted by Crippen LogP contribution is -2.47. The Balaban J connectivity index is 2.53. The summed E-state index contributed by atoms with van der Waals surface area (Å²) >= 11 is 0. The van der Waals surface area contributed by atoms with Crippen LogP contribution in [0.3, 0.4) is 0 Å². The fourth-order valence-electron chi connectivity index (χ4n) is 4.24. The molecule has 1 saturated carbocycles. The number of carbonyl (C=O) groups is 1. The zero-order valence-corrected chi connectivity index (χ0v) is 13.5. The van der Waals surface area contributed by atoms with Crippen LogP contribution in [-0.2, 0) is 4.79 Å². The molecule has 2 rings (SSSR count). The summed E-state index contributed by atoms with van der Waals surface area (Å²) in [7, 11) is 0. The van der Waals surface area contributed by atoms with Crippen molar-refractivity contribution in [2.45, 2.75) is 53.4 Å². The van der Waals surface area contributed by atoms with Crippen LogP contribution in [0.2, 0.25) is 0 Å². The molecule has 1 nitrogen and oxygen atoms in total. The van der Waals surface area contributed by atoms with Crippen LogP contribution in [0.25, 0.3) is 0 Å². The first-order chi connectivity index (χ1) is 9.23. The summed E-state index contributed by atoms with van der Waals surface area (Å²) in [6.07, 6.45) is 8.28. The number of carbonyl (C=O) groups excluding carboxylic acids is 1. The zero-order chi connectivity index (χ0) is 15.1. The second kappa shape index (κ2) is 5.02. The SMILES string of the molecule is C=CC[C@H]1C[C@H](C(=C)C)C=C2C(C)(C)C(=O)CC[C@@]21C. The molecule has 110 valence electrons. The topological polar surface area (TPSA) is 17.1 Å². The van der Waals surface area contributed by atoms with Gasteiger partial charge in [0.2, 0.25) is 0 Å². The first-order valence-corrected chi connectivity index (χ1v) is 7.76. The Morgan fingerprint density at radius 2 is 2.10 bits per heavy atom. The summed E-state index contributed by atoms with van der Waals surface area (Å²) in [6.45, 7) is 16.7. The third-order valence-electron chi connectivity index (χ3n) is 5.75. The molecule has 0 saturated heterocycles. The van der Waals surface area contributed by atoms with Crippen molar-refractivity contribution in [1.29, 1.82) is 0 Å². The number of allylic oxidation sites excluding steroid dienone is 4. The normalized spacial score (nSPS) is 36.0. The lowest BCUT2D eigenvalue weighted by atomic mass is 9.51. The van der Waals surface area contributed by atoms with E-state index in [1.54, 1.807) is 0 Å². The molecule has 2 aliphatic rings. The van der Waals surface area contributed by atoms with E-state index in [0.29, 0.717) is 24.0 Å². The van der Waals surface area contributed by atoms with Gasteiger partial charge in [-0.1, -0.05) is 36.8 Å². The molecule has 20 heavy (non-hydrogen) atoms. The molecule has 0 N–H and O–H groups in total. The van der Waals surface area contributed by atoms with E-state index in [1.165, 1.54) is 11.1 Å². The van der Waals surface area contributed by atoms with E-state index in [2.05, 4.69) is 46.9 Å². The summed E-state index contributed by atoms with van der Waals surface area (Å²) < 4.78 is 0. The quantitative estimate of drug-likeness (QED) is 0.653. The monoisotopic (exact) mass is 272 g/mol. The van der Waals surface area contributed by atoms with Crippen molar-refractivity contribution >= 4 is 5.78 Å². The molecule has 1 heteroatoms. The molecule has 0 aromatic rings. The number of rotatable bonds is 3. The number of hydrogen-bond donors (Lipinski definition) is 0. The van der Waals surface area contributed by atoms with Crippen molar-refractivity contribution in [2.24, 2.45) is 22.7 Å². The second-order valence-corrected chi connectivity index (χ2v) is 7.46. The first-order valence-electron chi connectivity index (χ1n) is 7.76. The predicted molar refractivity (Wildman–Crippen MR) is 85.4 cm³/mol. The molecular formula is C19H28O. The summed E-state index contributed by atoms with van der Waals surface area (Å²) in [6, 6.07) is 0. The van der Waals surface area contributed by atoms with Crippen LogP contribution in [0.15, 0.2) is 36.5 Å². The summed E-state index contributed by atoms with van der Waals surface area (Å²) in [5, 5.41) is 0. The highest BCUT2D eigenvalue weighted by Crippen LogP contribution is 2.58. The highest BCUT2D eigenvalue weighted by molar-refractivity contribution is 5.89. The van der Waals surface area contributed by atoms with Gasteiger partial charge in [-0.05, 0) is 57.3 Å². The van der Waals surface area contributed by atoms with Crippen LogP contribution >= 0.6 is 0 Å². The molecule has 0 radical (unpaired) electrons. The molecule has 0 unspecified atom stereocenters. The van der Waals surface area contributed by atoms with Gasteiger partial charge in [-0.2, -0.15) is 0 Å². The van der Waals surface area contributed by atoms with E-state index in [1.807, 2.05) is 6.08 Å². The highest BCUT2D eigenvalue weighted by atomic mass is 16.1. The third kappa shape index (κ3) is 2.21. The van der Waals surface area contributed by atoms with Gasteiger partial charge >= 0.3 is 0 Å². The van der Waals surface area contributed by atoms with E-state index >= 15 is 0 Å². The Morgan fingerprint density at radius 1 is 1.45 bits per heavy atom. The summed E-state index contributed by atoms with van der Waals surface area (Å²) in [5.41, 5.74) is 2.40. The smallest absolute Gasteiger partial charge is 0.142 e. The van der Waals surface area contributed by atoms with Crippen molar-refractivity contribution in [3.63, 3.8) is 0 Å². The van der Waals surface area contributed by atoms with E-state index in [4.69, 9.17) is 0 Å². The van der Waals surface area contributed by atoms with Gasteiger partial charge in [0, 0.05) is 11.8 Å². The molecule has 0 aliphatic heterocycles. The highest BCUT2D eigenvalue weighted by Gasteiger charge is 2.51. The van der Waals surface area contributed by atoms with Crippen molar-refractivity contribution in [3.8, 4) is 0 Å². The lowest BCUT2D eigenvalue weighted by molar-refractivity contribution is -0.129. The largest absolute Gasteiger partial charge is 0.299 e. The minimum absolute atomic E-state index is 0.150. The van der Waals surface area contributed by atoms with E-state index in [-0.39, 0.29) is 10.8 Å². The average Bonchev–Trinajstić information content (AvgIpc) is 2.36. The maximum Gasteiger partial charge on any atom is 0.142 e. The molecule has 0 aromatic heterocycles. The van der Waals surface area contributed by atoms with Crippen molar-refractivity contribution < 1.29 is 4.79 Å². The van der Waals surface area contributed by atoms with E-state index < -0.39 is 0 Å². The van der Waals surface area contributed by atoms with Crippen molar-refractivity contribution in [1.82, 2.24) is 0 Å². The fraction of sp³-hybridized carbons (Fsp3) is 0.632. The molecular weight excluding hydrogens is 244 g/mol. The van der Waals surface area contributed by atoms with Gasteiger partial charge in [0.05, 0.1) is 0 Å². The van der Waals surface area contributed by atoms with Crippen LogP contribution < -0.4 is 0 Å². The van der Waals surface area contributed by atoms with Crippen LogP contribution in [-0.4, -0.2) is 5.78 Å².